The number of nitrogens with one attached hydrogen (secondary N) is 1. The average Bonchev–Trinajstić information content (AvgIpc) is 2.74. The number of carbonyl (C=O) groups excluding carboxylic acids is 1. The van der Waals surface area contributed by atoms with Crippen LogP contribution < -0.4 is 11.1 Å². The highest BCUT2D eigenvalue weighted by molar-refractivity contribution is 5.67. The highest BCUT2D eigenvalue weighted by Crippen LogP contribution is 2.19. The van der Waals surface area contributed by atoms with Gasteiger partial charge in [0.05, 0.1) is 12.6 Å². The van der Waals surface area contributed by atoms with Crippen LogP contribution in [0.2, 0.25) is 0 Å². The van der Waals surface area contributed by atoms with Crippen LogP contribution in [0, 0.1) is 0 Å². The number of alkyl carbamates (subject to hydrolysis) is 1. The number of hydrogen-bond acceptors (Lipinski definition) is 4. The lowest BCUT2D eigenvalue weighted by Crippen LogP contribution is -2.44. The summed E-state index contributed by atoms with van der Waals surface area (Å²) in [7, 11) is 0. The monoisotopic (exact) mass is 228 g/mol. The largest absolute Gasteiger partial charge is 0.445 e. The highest BCUT2D eigenvalue weighted by Gasteiger charge is 2.26. The Balaban J connectivity index is 1.72. The maximum atomic E-state index is 11.6. The van der Waals surface area contributed by atoms with E-state index in [2.05, 4.69) is 5.32 Å². The van der Waals surface area contributed by atoms with Crippen molar-refractivity contribution in [2.75, 3.05) is 13.2 Å². The summed E-state index contributed by atoms with van der Waals surface area (Å²) >= 11 is 0. The molecule has 0 aromatic carbocycles. The second kappa shape index (κ2) is 5.50. The molecule has 1 aliphatic carbocycles. The molecule has 5 nitrogen and oxygen atoms in total. The summed E-state index contributed by atoms with van der Waals surface area (Å²) in [6.07, 6.45) is 4.47. The van der Waals surface area contributed by atoms with Crippen LogP contribution in [0.5, 0.6) is 0 Å². The van der Waals surface area contributed by atoms with Gasteiger partial charge in [-0.3, -0.25) is 0 Å². The van der Waals surface area contributed by atoms with Crippen molar-refractivity contribution in [2.24, 2.45) is 5.73 Å². The second-order valence-corrected chi connectivity index (χ2v) is 4.60. The summed E-state index contributed by atoms with van der Waals surface area (Å²) in [5.41, 5.74) is 5.91. The zero-order chi connectivity index (χ0) is 11.4. The van der Waals surface area contributed by atoms with Crippen LogP contribution in [0.4, 0.5) is 4.79 Å². The molecule has 1 saturated carbocycles. The van der Waals surface area contributed by atoms with Gasteiger partial charge in [0.1, 0.15) is 6.10 Å². The first-order valence-electron chi connectivity index (χ1n) is 6.06. The number of rotatable bonds is 2. The molecule has 1 amide bonds. The fourth-order valence-corrected chi connectivity index (χ4v) is 2.26. The van der Waals surface area contributed by atoms with Crippen molar-refractivity contribution in [1.82, 2.24) is 5.32 Å². The fourth-order valence-electron chi connectivity index (χ4n) is 2.26. The van der Waals surface area contributed by atoms with Gasteiger partial charge in [0.25, 0.3) is 0 Å². The molecular weight excluding hydrogens is 208 g/mol. The van der Waals surface area contributed by atoms with Crippen LogP contribution in [0.15, 0.2) is 0 Å². The third-order valence-corrected chi connectivity index (χ3v) is 3.26. The molecule has 0 spiro atoms. The van der Waals surface area contributed by atoms with Gasteiger partial charge in [0, 0.05) is 12.6 Å². The number of ether oxygens (including phenoxy) is 2. The average molecular weight is 228 g/mol. The Hall–Kier alpha value is -0.810. The molecule has 1 heterocycles. The maximum Gasteiger partial charge on any atom is 0.407 e. The van der Waals surface area contributed by atoms with Gasteiger partial charge in [-0.2, -0.15) is 0 Å². The molecular formula is C11H20N2O3. The van der Waals surface area contributed by atoms with E-state index in [1.54, 1.807) is 0 Å². The quantitative estimate of drug-likeness (QED) is 0.732. The van der Waals surface area contributed by atoms with Gasteiger partial charge < -0.3 is 20.5 Å². The zero-order valence-electron chi connectivity index (χ0n) is 9.48. The smallest absolute Gasteiger partial charge is 0.407 e. The lowest BCUT2D eigenvalue weighted by atomic mass is 9.93. The summed E-state index contributed by atoms with van der Waals surface area (Å²) < 4.78 is 10.5. The lowest BCUT2D eigenvalue weighted by Gasteiger charge is -2.28. The van der Waals surface area contributed by atoms with E-state index in [1.165, 1.54) is 0 Å². The van der Waals surface area contributed by atoms with Gasteiger partial charge in [0.2, 0.25) is 0 Å². The van der Waals surface area contributed by atoms with Gasteiger partial charge in [0.15, 0.2) is 0 Å². The van der Waals surface area contributed by atoms with Crippen molar-refractivity contribution in [3.63, 3.8) is 0 Å². The predicted octanol–water partition coefficient (Wildman–Crippen LogP) is 0.771. The van der Waals surface area contributed by atoms with E-state index in [4.69, 9.17) is 15.2 Å². The van der Waals surface area contributed by atoms with Crippen LogP contribution in [0.1, 0.15) is 32.1 Å². The van der Waals surface area contributed by atoms with Crippen LogP contribution in [-0.4, -0.2) is 37.5 Å². The summed E-state index contributed by atoms with van der Waals surface area (Å²) in [4.78, 5) is 11.6. The van der Waals surface area contributed by atoms with E-state index in [0.717, 1.165) is 32.1 Å². The normalized spacial score (nSPS) is 34.7. The van der Waals surface area contributed by atoms with E-state index in [1.807, 2.05) is 0 Å². The Labute approximate surface area is 95.7 Å². The molecule has 3 unspecified atom stereocenters. The Bertz CT molecular complexity index is 241. The first-order chi connectivity index (χ1) is 7.75. The van der Waals surface area contributed by atoms with Crippen LogP contribution in [0.3, 0.4) is 0 Å². The van der Waals surface area contributed by atoms with Crippen molar-refractivity contribution in [3.8, 4) is 0 Å². The number of carbonyl (C=O) groups is 1. The van der Waals surface area contributed by atoms with Gasteiger partial charge in [-0.1, -0.05) is 6.42 Å². The van der Waals surface area contributed by atoms with Gasteiger partial charge in [-0.15, -0.1) is 0 Å². The third-order valence-electron chi connectivity index (χ3n) is 3.26. The van der Waals surface area contributed by atoms with Crippen molar-refractivity contribution in [1.29, 1.82) is 0 Å². The second-order valence-electron chi connectivity index (χ2n) is 4.60. The van der Waals surface area contributed by atoms with Crippen molar-refractivity contribution in [3.05, 3.63) is 0 Å². The molecule has 1 aliphatic heterocycles. The minimum absolute atomic E-state index is 0.000622. The molecule has 0 radical (unpaired) electrons. The van der Waals surface area contributed by atoms with E-state index < -0.39 is 0 Å². The Morgan fingerprint density at radius 3 is 2.81 bits per heavy atom. The molecule has 5 heteroatoms. The fraction of sp³-hybridized carbons (Fsp3) is 0.909. The highest BCUT2D eigenvalue weighted by atomic mass is 16.6. The molecule has 0 aromatic rings. The Kier molecular flexibility index (Phi) is 4.01. The van der Waals surface area contributed by atoms with E-state index >= 15 is 0 Å². The summed E-state index contributed by atoms with van der Waals surface area (Å²) in [6.45, 7) is 1.31. The number of amides is 1. The van der Waals surface area contributed by atoms with Crippen LogP contribution >= 0.6 is 0 Å². The zero-order valence-corrected chi connectivity index (χ0v) is 9.48. The standard InChI is InChI=1S/C11H20N2O3/c12-9-3-1-2-4-10(9)16-11(14)13-8-5-6-15-7-8/h8-10H,1-7,12H2,(H,13,14). The first-order valence-corrected chi connectivity index (χ1v) is 6.06. The molecule has 16 heavy (non-hydrogen) atoms. The number of nitrogens with two attached hydrogens (primary N) is 1. The van der Waals surface area contributed by atoms with Gasteiger partial charge >= 0.3 is 6.09 Å². The molecule has 0 bridgehead atoms. The van der Waals surface area contributed by atoms with Crippen molar-refractivity contribution < 1.29 is 14.3 Å². The summed E-state index contributed by atoms with van der Waals surface area (Å²) in [5, 5.41) is 2.80. The van der Waals surface area contributed by atoms with Gasteiger partial charge in [-0.05, 0) is 25.7 Å². The molecule has 2 aliphatic rings. The lowest BCUT2D eigenvalue weighted by molar-refractivity contribution is 0.0599. The predicted molar refractivity (Wildman–Crippen MR) is 59.1 cm³/mol. The van der Waals surface area contributed by atoms with Crippen LogP contribution in [-0.2, 0) is 9.47 Å². The molecule has 0 aromatic heterocycles. The van der Waals surface area contributed by atoms with Crippen molar-refractivity contribution >= 4 is 6.09 Å². The van der Waals surface area contributed by atoms with Crippen molar-refractivity contribution in [2.45, 2.75) is 50.3 Å². The molecule has 2 rings (SSSR count). The maximum absolute atomic E-state index is 11.6. The van der Waals surface area contributed by atoms with Gasteiger partial charge in [-0.25, -0.2) is 4.79 Å². The third kappa shape index (κ3) is 3.09. The molecule has 92 valence electrons. The molecule has 3 N–H and O–H groups in total. The van der Waals surface area contributed by atoms with Crippen LogP contribution in [0.25, 0.3) is 0 Å². The molecule has 1 saturated heterocycles. The molecule has 2 fully saturated rings. The molecule has 3 atom stereocenters. The minimum atomic E-state index is -0.349. The SMILES string of the molecule is NC1CCCCC1OC(=O)NC1CCOC1. The summed E-state index contributed by atoms with van der Waals surface area (Å²) in [5.74, 6) is 0. The minimum Gasteiger partial charge on any atom is -0.445 e. The Morgan fingerprint density at radius 2 is 2.12 bits per heavy atom. The topological polar surface area (TPSA) is 73.6 Å². The first kappa shape index (κ1) is 11.7. The van der Waals surface area contributed by atoms with E-state index in [9.17, 15) is 4.79 Å². The van der Waals surface area contributed by atoms with E-state index in [-0.39, 0.29) is 24.3 Å². The van der Waals surface area contributed by atoms with E-state index in [0.29, 0.717) is 13.2 Å². The number of hydrogen-bond donors (Lipinski definition) is 2. The summed E-state index contributed by atoms with van der Waals surface area (Å²) in [6, 6.07) is 0.103. The Morgan fingerprint density at radius 1 is 1.31 bits per heavy atom.